The zero-order valence-electron chi connectivity index (χ0n) is 8.42. The van der Waals surface area contributed by atoms with Crippen LogP contribution in [0, 0.1) is 0 Å². The molecule has 0 unspecified atom stereocenters. The Morgan fingerprint density at radius 1 is 1.53 bits per heavy atom. The maximum absolute atomic E-state index is 11.3. The molecule has 4 heteroatoms. The number of fused-ring (bicyclic) bond motifs is 1. The van der Waals surface area contributed by atoms with Crippen LogP contribution in [0.25, 0.3) is 0 Å². The zero-order valence-corrected chi connectivity index (χ0v) is 10.0. The summed E-state index contributed by atoms with van der Waals surface area (Å²) < 4.78 is 5.79. The number of methoxy groups -OCH3 is 1. The minimum absolute atomic E-state index is 0.191. The molecule has 15 heavy (non-hydrogen) atoms. The van der Waals surface area contributed by atoms with E-state index in [9.17, 15) is 4.79 Å². The first kappa shape index (κ1) is 10.6. The van der Waals surface area contributed by atoms with Crippen molar-refractivity contribution in [2.45, 2.75) is 19.0 Å². The molecule has 0 saturated carbocycles. The Labute approximate surface area is 96.9 Å². The van der Waals surface area contributed by atoms with Gasteiger partial charge < -0.3 is 10.1 Å². The van der Waals surface area contributed by atoms with Gasteiger partial charge in [0, 0.05) is 11.0 Å². The lowest BCUT2D eigenvalue weighted by molar-refractivity contribution is -0.143. The van der Waals surface area contributed by atoms with Crippen LogP contribution in [-0.2, 0) is 22.5 Å². The lowest BCUT2D eigenvalue weighted by atomic mass is 9.96. The summed E-state index contributed by atoms with van der Waals surface area (Å²) in [5.41, 5.74) is 2.46. The Bertz CT molecular complexity index is 392. The third kappa shape index (κ3) is 2.21. The van der Waals surface area contributed by atoms with Crippen LogP contribution in [0.3, 0.4) is 0 Å². The number of carbonyl (C=O) groups excluding carboxylic acids is 1. The van der Waals surface area contributed by atoms with E-state index in [-0.39, 0.29) is 12.0 Å². The van der Waals surface area contributed by atoms with E-state index in [1.54, 1.807) is 0 Å². The number of carbonyl (C=O) groups is 1. The van der Waals surface area contributed by atoms with Gasteiger partial charge in [0.15, 0.2) is 0 Å². The molecule has 1 atom stereocenters. The summed E-state index contributed by atoms with van der Waals surface area (Å²) in [5.74, 6) is -0.191. The smallest absolute Gasteiger partial charge is 0.323 e. The SMILES string of the molecule is COC(=O)[C@H]1Cc2ccc(Br)cc2CN1. The zero-order chi connectivity index (χ0) is 10.8. The fourth-order valence-electron chi connectivity index (χ4n) is 1.79. The van der Waals surface area contributed by atoms with Crippen LogP contribution in [0.2, 0.25) is 0 Å². The predicted octanol–water partition coefficient (Wildman–Crippen LogP) is 1.64. The summed E-state index contributed by atoms with van der Waals surface area (Å²) in [5, 5.41) is 3.16. The molecule has 0 bridgehead atoms. The number of hydrogen-bond donors (Lipinski definition) is 1. The van der Waals surface area contributed by atoms with Crippen LogP contribution in [-0.4, -0.2) is 19.1 Å². The van der Waals surface area contributed by atoms with Crippen molar-refractivity contribution in [1.82, 2.24) is 5.32 Å². The first-order valence-electron chi connectivity index (χ1n) is 4.79. The van der Waals surface area contributed by atoms with E-state index >= 15 is 0 Å². The first-order valence-corrected chi connectivity index (χ1v) is 5.58. The molecule has 3 nitrogen and oxygen atoms in total. The van der Waals surface area contributed by atoms with E-state index in [1.165, 1.54) is 18.2 Å². The molecular weight excluding hydrogens is 258 g/mol. The second kappa shape index (κ2) is 4.33. The van der Waals surface area contributed by atoms with E-state index in [0.29, 0.717) is 13.0 Å². The van der Waals surface area contributed by atoms with Gasteiger partial charge in [-0.25, -0.2) is 0 Å². The van der Waals surface area contributed by atoms with E-state index in [4.69, 9.17) is 4.74 Å². The molecule has 1 aromatic carbocycles. The number of esters is 1. The molecule has 1 heterocycles. The quantitative estimate of drug-likeness (QED) is 0.788. The molecular formula is C11H12BrNO2. The molecule has 80 valence electrons. The predicted molar refractivity (Wildman–Crippen MR) is 60.5 cm³/mol. The fourth-order valence-corrected chi connectivity index (χ4v) is 2.20. The van der Waals surface area contributed by atoms with Gasteiger partial charge in [0.1, 0.15) is 6.04 Å². The van der Waals surface area contributed by atoms with Crippen molar-refractivity contribution < 1.29 is 9.53 Å². The van der Waals surface area contributed by atoms with Gasteiger partial charge >= 0.3 is 5.97 Å². The van der Waals surface area contributed by atoms with Crippen molar-refractivity contribution >= 4 is 21.9 Å². The standard InChI is InChI=1S/C11H12BrNO2/c1-15-11(14)10-5-7-2-3-9(12)4-8(7)6-13-10/h2-4,10,13H,5-6H2,1H3/t10-/m1/s1. The third-order valence-electron chi connectivity index (χ3n) is 2.62. The minimum atomic E-state index is -0.205. The van der Waals surface area contributed by atoms with Gasteiger partial charge in [0.05, 0.1) is 7.11 Å². The van der Waals surface area contributed by atoms with Gasteiger partial charge in [0.2, 0.25) is 0 Å². The van der Waals surface area contributed by atoms with Crippen molar-refractivity contribution in [3.8, 4) is 0 Å². The summed E-state index contributed by atoms with van der Waals surface area (Å²) >= 11 is 3.43. The highest BCUT2D eigenvalue weighted by atomic mass is 79.9. The van der Waals surface area contributed by atoms with Crippen LogP contribution in [0.5, 0.6) is 0 Å². The Hall–Kier alpha value is -0.870. The van der Waals surface area contributed by atoms with Crippen molar-refractivity contribution in [1.29, 1.82) is 0 Å². The number of ether oxygens (including phenoxy) is 1. The largest absolute Gasteiger partial charge is 0.468 e. The number of benzene rings is 1. The molecule has 0 aliphatic carbocycles. The molecule has 2 rings (SSSR count). The molecule has 0 aromatic heterocycles. The Morgan fingerprint density at radius 2 is 2.33 bits per heavy atom. The van der Waals surface area contributed by atoms with Crippen molar-refractivity contribution in [3.63, 3.8) is 0 Å². The molecule has 1 aliphatic heterocycles. The van der Waals surface area contributed by atoms with Gasteiger partial charge in [-0.05, 0) is 29.7 Å². The van der Waals surface area contributed by atoms with E-state index < -0.39 is 0 Å². The average Bonchev–Trinajstić information content (AvgIpc) is 2.27. The molecule has 1 aliphatic rings. The highest BCUT2D eigenvalue weighted by Crippen LogP contribution is 2.21. The maximum atomic E-state index is 11.3. The van der Waals surface area contributed by atoms with Gasteiger partial charge in [-0.3, -0.25) is 4.79 Å². The monoisotopic (exact) mass is 269 g/mol. The maximum Gasteiger partial charge on any atom is 0.323 e. The minimum Gasteiger partial charge on any atom is -0.468 e. The second-order valence-corrected chi connectivity index (χ2v) is 4.49. The van der Waals surface area contributed by atoms with Crippen LogP contribution >= 0.6 is 15.9 Å². The summed E-state index contributed by atoms with van der Waals surface area (Å²) in [6.45, 7) is 0.717. The van der Waals surface area contributed by atoms with E-state index in [1.807, 2.05) is 6.07 Å². The van der Waals surface area contributed by atoms with Crippen LogP contribution in [0.15, 0.2) is 22.7 Å². The number of rotatable bonds is 1. The van der Waals surface area contributed by atoms with E-state index in [2.05, 4.69) is 33.4 Å². The van der Waals surface area contributed by atoms with Gasteiger partial charge in [0.25, 0.3) is 0 Å². The van der Waals surface area contributed by atoms with Crippen molar-refractivity contribution in [2.75, 3.05) is 7.11 Å². The lowest BCUT2D eigenvalue weighted by Gasteiger charge is -2.24. The molecule has 1 N–H and O–H groups in total. The van der Waals surface area contributed by atoms with E-state index in [0.717, 1.165) is 4.47 Å². The number of nitrogens with one attached hydrogen (secondary N) is 1. The number of halogens is 1. The molecule has 0 spiro atoms. The Balaban J connectivity index is 2.20. The molecule has 0 saturated heterocycles. The summed E-state index contributed by atoms with van der Waals surface area (Å²) in [4.78, 5) is 11.3. The molecule has 0 radical (unpaired) electrons. The van der Waals surface area contributed by atoms with Crippen LogP contribution < -0.4 is 5.32 Å². The molecule has 1 aromatic rings. The Kier molecular flexibility index (Phi) is 3.07. The topological polar surface area (TPSA) is 38.3 Å². The lowest BCUT2D eigenvalue weighted by Crippen LogP contribution is -2.42. The third-order valence-corrected chi connectivity index (χ3v) is 3.11. The normalized spacial score (nSPS) is 19.5. The van der Waals surface area contributed by atoms with Gasteiger partial charge in [-0.1, -0.05) is 22.0 Å². The molecule has 0 amide bonds. The first-order chi connectivity index (χ1) is 7.20. The van der Waals surface area contributed by atoms with Crippen LogP contribution in [0.1, 0.15) is 11.1 Å². The van der Waals surface area contributed by atoms with Crippen molar-refractivity contribution in [3.05, 3.63) is 33.8 Å². The van der Waals surface area contributed by atoms with Gasteiger partial charge in [-0.2, -0.15) is 0 Å². The highest BCUT2D eigenvalue weighted by molar-refractivity contribution is 9.10. The van der Waals surface area contributed by atoms with Gasteiger partial charge in [-0.15, -0.1) is 0 Å². The summed E-state index contributed by atoms with van der Waals surface area (Å²) in [6, 6.07) is 5.92. The molecule has 0 fully saturated rings. The number of hydrogen-bond acceptors (Lipinski definition) is 3. The fraction of sp³-hybridized carbons (Fsp3) is 0.364. The van der Waals surface area contributed by atoms with Crippen LogP contribution in [0.4, 0.5) is 0 Å². The van der Waals surface area contributed by atoms with Crippen molar-refractivity contribution in [2.24, 2.45) is 0 Å². The highest BCUT2D eigenvalue weighted by Gasteiger charge is 2.24. The summed E-state index contributed by atoms with van der Waals surface area (Å²) in [6.07, 6.45) is 0.704. The summed E-state index contributed by atoms with van der Waals surface area (Å²) in [7, 11) is 1.42. The second-order valence-electron chi connectivity index (χ2n) is 3.57. The Morgan fingerprint density at radius 3 is 3.07 bits per heavy atom. The average molecular weight is 270 g/mol.